The van der Waals surface area contributed by atoms with Crippen molar-refractivity contribution in [2.24, 2.45) is 0 Å². The third kappa shape index (κ3) is 2.72. The summed E-state index contributed by atoms with van der Waals surface area (Å²) in [5, 5.41) is 3.43. The van der Waals surface area contributed by atoms with E-state index >= 15 is 0 Å². The molecule has 0 spiro atoms. The molecule has 0 atom stereocenters. The predicted molar refractivity (Wildman–Crippen MR) is 87.3 cm³/mol. The van der Waals surface area contributed by atoms with Gasteiger partial charge in [0.15, 0.2) is 0 Å². The number of hydrogen-bond acceptors (Lipinski definition) is 3. The van der Waals surface area contributed by atoms with Crippen molar-refractivity contribution in [1.82, 2.24) is 14.9 Å². The van der Waals surface area contributed by atoms with E-state index in [1.54, 1.807) is 7.11 Å². The fourth-order valence-electron chi connectivity index (χ4n) is 3.02. The van der Waals surface area contributed by atoms with Crippen LogP contribution in [0, 0.1) is 0 Å². The van der Waals surface area contributed by atoms with E-state index in [1.807, 2.05) is 24.7 Å². The lowest BCUT2D eigenvalue weighted by molar-refractivity contribution is 0.323. The summed E-state index contributed by atoms with van der Waals surface area (Å²) in [6.07, 6.45) is 6.11. The third-order valence-electron chi connectivity index (χ3n) is 4.36. The summed E-state index contributed by atoms with van der Waals surface area (Å²) in [5.74, 6) is 0.856. The standard InChI is InChI=1S/C16H20BrN3O/c1-16(5-7-18-8-6-16)15-10-19-11-20(15)13-9-12(17)3-4-14(13)21-2/h3-4,9-11,18H,5-8H2,1-2H3. The van der Waals surface area contributed by atoms with Gasteiger partial charge in [0.1, 0.15) is 5.75 Å². The molecule has 112 valence electrons. The van der Waals surface area contributed by atoms with Crippen LogP contribution in [0.2, 0.25) is 0 Å². The van der Waals surface area contributed by atoms with Crippen LogP contribution in [0.5, 0.6) is 5.75 Å². The Kier molecular flexibility index (Phi) is 4.04. The molecule has 0 bridgehead atoms. The molecule has 0 unspecified atom stereocenters. The number of imidazole rings is 1. The van der Waals surface area contributed by atoms with Gasteiger partial charge < -0.3 is 10.1 Å². The number of aromatic nitrogens is 2. The zero-order chi connectivity index (χ0) is 14.9. The molecule has 2 aromatic rings. The van der Waals surface area contributed by atoms with E-state index in [4.69, 9.17) is 4.74 Å². The van der Waals surface area contributed by atoms with Gasteiger partial charge in [-0.25, -0.2) is 4.98 Å². The molecule has 0 radical (unpaired) electrons. The topological polar surface area (TPSA) is 39.1 Å². The van der Waals surface area contributed by atoms with E-state index in [0.29, 0.717) is 0 Å². The van der Waals surface area contributed by atoms with Crippen LogP contribution in [0.1, 0.15) is 25.5 Å². The zero-order valence-corrected chi connectivity index (χ0v) is 14.0. The monoisotopic (exact) mass is 349 g/mol. The van der Waals surface area contributed by atoms with Crippen molar-refractivity contribution in [2.45, 2.75) is 25.2 Å². The molecule has 4 nitrogen and oxygen atoms in total. The number of piperidine rings is 1. The highest BCUT2D eigenvalue weighted by molar-refractivity contribution is 9.10. The Morgan fingerprint density at radius 2 is 2.10 bits per heavy atom. The minimum Gasteiger partial charge on any atom is -0.495 e. The maximum Gasteiger partial charge on any atom is 0.142 e. The van der Waals surface area contributed by atoms with Crippen molar-refractivity contribution in [1.29, 1.82) is 0 Å². The fourth-order valence-corrected chi connectivity index (χ4v) is 3.37. The lowest BCUT2D eigenvalue weighted by Gasteiger charge is -2.34. The molecule has 2 heterocycles. The molecule has 3 rings (SSSR count). The largest absolute Gasteiger partial charge is 0.495 e. The quantitative estimate of drug-likeness (QED) is 0.923. The first-order valence-corrected chi connectivity index (χ1v) is 8.01. The minimum atomic E-state index is 0.148. The fraction of sp³-hybridized carbons (Fsp3) is 0.438. The number of nitrogens with zero attached hydrogens (tertiary/aromatic N) is 2. The van der Waals surface area contributed by atoms with Crippen molar-refractivity contribution in [3.05, 3.63) is 40.9 Å². The number of nitrogens with one attached hydrogen (secondary N) is 1. The Hall–Kier alpha value is -1.33. The van der Waals surface area contributed by atoms with Crippen LogP contribution in [-0.2, 0) is 5.41 Å². The SMILES string of the molecule is COc1ccc(Br)cc1-n1cncc1C1(C)CCNCC1. The summed E-state index contributed by atoms with van der Waals surface area (Å²) >= 11 is 3.55. The highest BCUT2D eigenvalue weighted by Gasteiger charge is 2.32. The molecule has 0 amide bonds. The van der Waals surface area contributed by atoms with E-state index in [9.17, 15) is 0 Å². The summed E-state index contributed by atoms with van der Waals surface area (Å²) in [4.78, 5) is 4.40. The summed E-state index contributed by atoms with van der Waals surface area (Å²) in [5.41, 5.74) is 2.43. The van der Waals surface area contributed by atoms with Gasteiger partial charge in [0.25, 0.3) is 0 Å². The van der Waals surface area contributed by atoms with E-state index in [-0.39, 0.29) is 5.41 Å². The van der Waals surface area contributed by atoms with Crippen molar-refractivity contribution >= 4 is 15.9 Å². The van der Waals surface area contributed by atoms with Crippen LogP contribution < -0.4 is 10.1 Å². The van der Waals surface area contributed by atoms with Gasteiger partial charge >= 0.3 is 0 Å². The number of ether oxygens (including phenoxy) is 1. The molecule has 1 aromatic heterocycles. The van der Waals surface area contributed by atoms with Crippen LogP contribution in [0.25, 0.3) is 5.69 Å². The molecule has 1 aliphatic heterocycles. The molecule has 1 saturated heterocycles. The molecular weight excluding hydrogens is 330 g/mol. The second-order valence-electron chi connectivity index (χ2n) is 5.78. The van der Waals surface area contributed by atoms with Gasteiger partial charge in [0, 0.05) is 21.8 Å². The van der Waals surface area contributed by atoms with E-state index in [1.165, 1.54) is 5.69 Å². The minimum absolute atomic E-state index is 0.148. The summed E-state index contributed by atoms with van der Waals surface area (Å²) < 4.78 is 8.71. The first kappa shape index (κ1) is 14.6. The highest BCUT2D eigenvalue weighted by atomic mass is 79.9. The summed E-state index contributed by atoms with van der Waals surface area (Å²) in [6.45, 7) is 4.43. The van der Waals surface area contributed by atoms with Gasteiger partial charge in [-0.3, -0.25) is 4.57 Å². The average molecular weight is 350 g/mol. The van der Waals surface area contributed by atoms with Gasteiger partial charge in [-0.05, 0) is 44.1 Å². The Labute approximate surface area is 133 Å². The van der Waals surface area contributed by atoms with Crippen LogP contribution in [-0.4, -0.2) is 29.8 Å². The number of rotatable bonds is 3. The summed E-state index contributed by atoms with van der Waals surface area (Å²) in [6, 6.07) is 6.05. The van der Waals surface area contributed by atoms with Gasteiger partial charge in [0.2, 0.25) is 0 Å². The van der Waals surface area contributed by atoms with Gasteiger partial charge in [0.05, 0.1) is 19.1 Å². The second-order valence-corrected chi connectivity index (χ2v) is 6.69. The number of hydrogen-bond donors (Lipinski definition) is 1. The maximum atomic E-state index is 5.52. The molecule has 1 aliphatic rings. The number of halogens is 1. The van der Waals surface area contributed by atoms with Crippen LogP contribution in [0.4, 0.5) is 0 Å². The van der Waals surface area contributed by atoms with Crippen LogP contribution >= 0.6 is 15.9 Å². The normalized spacial score (nSPS) is 17.7. The Morgan fingerprint density at radius 3 is 2.81 bits per heavy atom. The molecule has 1 aromatic carbocycles. The highest BCUT2D eigenvalue weighted by Crippen LogP contribution is 2.36. The molecule has 1 N–H and O–H groups in total. The van der Waals surface area contributed by atoms with Crippen molar-refractivity contribution in [2.75, 3.05) is 20.2 Å². The van der Waals surface area contributed by atoms with Crippen molar-refractivity contribution in [3.8, 4) is 11.4 Å². The van der Waals surface area contributed by atoms with Crippen LogP contribution in [0.3, 0.4) is 0 Å². The Bertz CT molecular complexity index is 632. The molecular formula is C16H20BrN3O. The van der Waals surface area contributed by atoms with Gasteiger partial charge in [-0.1, -0.05) is 22.9 Å². The van der Waals surface area contributed by atoms with Crippen molar-refractivity contribution in [3.63, 3.8) is 0 Å². The molecule has 1 fully saturated rings. The smallest absolute Gasteiger partial charge is 0.142 e. The maximum absolute atomic E-state index is 5.52. The second kappa shape index (κ2) is 5.81. The number of benzene rings is 1. The first-order valence-electron chi connectivity index (χ1n) is 7.21. The molecule has 21 heavy (non-hydrogen) atoms. The predicted octanol–water partition coefficient (Wildman–Crippen LogP) is 3.28. The Morgan fingerprint density at radius 1 is 1.33 bits per heavy atom. The zero-order valence-electron chi connectivity index (χ0n) is 12.4. The Balaban J connectivity index is 2.09. The lowest BCUT2D eigenvalue weighted by Crippen LogP contribution is -2.38. The molecule has 0 aliphatic carbocycles. The molecule has 0 saturated carbocycles. The van der Waals surface area contributed by atoms with E-state index in [0.717, 1.165) is 41.8 Å². The van der Waals surface area contributed by atoms with Gasteiger partial charge in [-0.15, -0.1) is 0 Å². The van der Waals surface area contributed by atoms with Gasteiger partial charge in [-0.2, -0.15) is 0 Å². The van der Waals surface area contributed by atoms with E-state index in [2.05, 4.69) is 43.8 Å². The molecule has 5 heteroatoms. The summed E-state index contributed by atoms with van der Waals surface area (Å²) in [7, 11) is 1.70. The third-order valence-corrected chi connectivity index (χ3v) is 4.86. The van der Waals surface area contributed by atoms with Crippen molar-refractivity contribution < 1.29 is 4.74 Å². The lowest BCUT2D eigenvalue weighted by atomic mass is 9.78. The first-order chi connectivity index (χ1) is 10.1. The number of methoxy groups -OCH3 is 1. The van der Waals surface area contributed by atoms with Crippen LogP contribution in [0.15, 0.2) is 35.2 Å². The average Bonchev–Trinajstić information content (AvgIpc) is 2.98. The van der Waals surface area contributed by atoms with E-state index < -0.39 is 0 Å².